The third-order valence-corrected chi connectivity index (χ3v) is 3.52. The van der Waals surface area contributed by atoms with Gasteiger partial charge in [0.1, 0.15) is 0 Å². The summed E-state index contributed by atoms with van der Waals surface area (Å²) in [5.41, 5.74) is 1.55. The second-order valence-electron chi connectivity index (χ2n) is 3.63. The van der Waals surface area contributed by atoms with E-state index in [1.54, 1.807) is 23.5 Å². The average molecular weight is 260 g/mol. The highest BCUT2D eigenvalue weighted by atomic mass is 35.5. The van der Waals surface area contributed by atoms with Crippen LogP contribution in [0.15, 0.2) is 36.4 Å². The standard InChI is InChI=1S/C14H10ClNS/c1-10-2-7-14(17-10)8-12(9-16)11-3-5-13(15)6-4-11/h2-8H,1H3/b12-8+. The van der Waals surface area contributed by atoms with E-state index >= 15 is 0 Å². The molecule has 0 amide bonds. The maximum absolute atomic E-state index is 9.17. The number of halogens is 1. The number of hydrogen-bond acceptors (Lipinski definition) is 2. The van der Waals surface area contributed by atoms with Crippen molar-refractivity contribution in [3.05, 3.63) is 56.7 Å². The highest BCUT2D eigenvalue weighted by molar-refractivity contribution is 7.12. The normalized spacial score (nSPS) is 11.2. The van der Waals surface area contributed by atoms with E-state index in [9.17, 15) is 5.26 Å². The number of thiophene rings is 1. The lowest BCUT2D eigenvalue weighted by atomic mass is 10.1. The molecule has 3 heteroatoms. The molecule has 17 heavy (non-hydrogen) atoms. The van der Waals surface area contributed by atoms with Crippen molar-refractivity contribution < 1.29 is 0 Å². The number of allylic oxidation sites excluding steroid dienone is 1. The van der Waals surface area contributed by atoms with Gasteiger partial charge < -0.3 is 0 Å². The molecule has 0 aliphatic heterocycles. The molecule has 1 nitrogen and oxygen atoms in total. The summed E-state index contributed by atoms with van der Waals surface area (Å²) in [6.07, 6.45) is 1.90. The van der Waals surface area contributed by atoms with Crippen LogP contribution in [0.3, 0.4) is 0 Å². The van der Waals surface area contributed by atoms with Crippen LogP contribution in [-0.2, 0) is 0 Å². The van der Waals surface area contributed by atoms with Crippen LogP contribution >= 0.6 is 22.9 Å². The second kappa shape index (κ2) is 5.18. The van der Waals surface area contributed by atoms with Crippen molar-refractivity contribution in [2.75, 3.05) is 0 Å². The second-order valence-corrected chi connectivity index (χ2v) is 5.38. The topological polar surface area (TPSA) is 23.8 Å². The van der Waals surface area contributed by atoms with Crippen LogP contribution in [0.25, 0.3) is 11.6 Å². The summed E-state index contributed by atoms with van der Waals surface area (Å²) in [5.74, 6) is 0. The predicted molar refractivity (Wildman–Crippen MR) is 74.0 cm³/mol. The smallest absolute Gasteiger partial charge is 0.0998 e. The molecule has 1 heterocycles. The highest BCUT2D eigenvalue weighted by Gasteiger charge is 2.02. The minimum atomic E-state index is 0.656. The fraction of sp³-hybridized carbons (Fsp3) is 0.0714. The Labute approximate surface area is 110 Å². The molecule has 0 aliphatic rings. The third-order valence-electron chi connectivity index (χ3n) is 2.32. The first-order valence-corrected chi connectivity index (χ1v) is 6.32. The van der Waals surface area contributed by atoms with Gasteiger partial charge in [0.05, 0.1) is 11.6 Å². The number of rotatable bonds is 2. The zero-order chi connectivity index (χ0) is 12.3. The van der Waals surface area contributed by atoms with Gasteiger partial charge in [-0.15, -0.1) is 11.3 Å². The van der Waals surface area contributed by atoms with Gasteiger partial charge in [-0.1, -0.05) is 23.7 Å². The summed E-state index contributed by atoms with van der Waals surface area (Å²) in [6, 6.07) is 13.6. The zero-order valence-electron chi connectivity index (χ0n) is 9.27. The maximum Gasteiger partial charge on any atom is 0.0998 e. The summed E-state index contributed by atoms with van der Waals surface area (Å²) in [4.78, 5) is 2.33. The van der Waals surface area contributed by atoms with E-state index in [0.29, 0.717) is 10.6 Å². The van der Waals surface area contributed by atoms with Gasteiger partial charge in [-0.3, -0.25) is 0 Å². The van der Waals surface area contributed by atoms with E-state index in [1.807, 2.05) is 30.3 Å². The van der Waals surface area contributed by atoms with Crippen molar-refractivity contribution in [1.29, 1.82) is 5.26 Å². The van der Waals surface area contributed by atoms with E-state index in [4.69, 9.17) is 11.6 Å². The predicted octanol–water partition coefficient (Wildman–Crippen LogP) is 4.77. The van der Waals surface area contributed by atoms with Gasteiger partial charge in [0.15, 0.2) is 0 Å². The Morgan fingerprint density at radius 1 is 1.24 bits per heavy atom. The van der Waals surface area contributed by atoms with Crippen LogP contribution in [-0.4, -0.2) is 0 Å². The summed E-state index contributed by atoms with van der Waals surface area (Å²) in [7, 11) is 0. The molecule has 0 saturated carbocycles. The minimum Gasteiger partial charge on any atom is -0.192 e. The Kier molecular flexibility index (Phi) is 3.63. The third kappa shape index (κ3) is 2.97. The molecule has 0 unspecified atom stereocenters. The molecule has 0 saturated heterocycles. The van der Waals surface area contributed by atoms with Gasteiger partial charge in [-0.2, -0.15) is 5.26 Å². The molecule has 0 radical (unpaired) electrons. The molecular formula is C14H10ClNS. The van der Waals surface area contributed by atoms with E-state index in [2.05, 4.69) is 13.0 Å². The molecule has 84 valence electrons. The van der Waals surface area contributed by atoms with Gasteiger partial charge in [-0.05, 0) is 42.8 Å². The molecule has 0 bridgehead atoms. The highest BCUT2D eigenvalue weighted by Crippen LogP contribution is 2.23. The van der Waals surface area contributed by atoms with Crippen LogP contribution in [0, 0.1) is 18.3 Å². The largest absolute Gasteiger partial charge is 0.192 e. The van der Waals surface area contributed by atoms with Crippen molar-refractivity contribution in [3.63, 3.8) is 0 Å². The lowest BCUT2D eigenvalue weighted by Gasteiger charge is -1.98. The summed E-state index contributed by atoms with van der Waals surface area (Å²) in [6.45, 7) is 2.05. The Hall–Kier alpha value is -1.56. The number of nitrogens with zero attached hydrogens (tertiary/aromatic N) is 1. The van der Waals surface area contributed by atoms with Crippen molar-refractivity contribution in [1.82, 2.24) is 0 Å². The van der Waals surface area contributed by atoms with Crippen LogP contribution in [0.4, 0.5) is 0 Å². The van der Waals surface area contributed by atoms with E-state index in [0.717, 1.165) is 10.4 Å². The van der Waals surface area contributed by atoms with Gasteiger partial charge >= 0.3 is 0 Å². The monoisotopic (exact) mass is 259 g/mol. The quantitative estimate of drug-likeness (QED) is 0.713. The van der Waals surface area contributed by atoms with Crippen molar-refractivity contribution in [2.45, 2.75) is 6.92 Å². The van der Waals surface area contributed by atoms with Crippen LogP contribution in [0.5, 0.6) is 0 Å². The van der Waals surface area contributed by atoms with Crippen molar-refractivity contribution in [3.8, 4) is 6.07 Å². The molecule has 2 aromatic rings. The lowest BCUT2D eigenvalue weighted by molar-refractivity contribution is 1.52. The Bertz CT molecular complexity index is 587. The Morgan fingerprint density at radius 2 is 1.94 bits per heavy atom. The first-order valence-electron chi connectivity index (χ1n) is 5.13. The van der Waals surface area contributed by atoms with Gasteiger partial charge in [0.2, 0.25) is 0 Å². The molecule has 0 atom stereocenters. The number of hydrogen-bond donors (Lipinski definition) is 0. The summed E-state index contributed by atoms with van der Waals surface area (Å²) < 4.78 is 0. The van der Waals surface area contributed by atoms with E-state index < -0.39 is 0 Å². The number of aryl methyl sites for hydroxylation is 1. The average Bonchev–Trinajstić information content (AvgIpc) is 2.73. The molecule has 0 fully saturated rings. The van der Waals surface area contributed by atoms with Crippen molar-refractivity contribution >= 4 is 34.6 Å². The molecule has 2 rings (SSSR count). The number of benzene rings is 1. The van der Waals surface area contributed by atoms with Gasteiger partial charge in [-0.25, -0.2) is 0 Å². The van der Waals surface area contributed by atoms with Crippen LogP contribution in [0.2, 0.25) is 5.02 Å². The van der Waals surface area contributed by atoms with Gasteiger partial charge in [0.25, 0.3) is 0 Å². The molecule has 0 aliphatic carbocycles. The van der Waals surface area contributed by atoms with Crippen LogP contribution in [0.1, 0.15) is 15.3 Å². The van der Waals surface area contributed by atoms with E-state index in [1.165, 1.54) is 4.88 Å². The molecule has 0 N–H and O–H groups in total. The first kappa shape index (κ1) is 11.9. The first-order chi connectivity index (χ1) is 8.19. The summed E-state index contributed by atoms with van der Waals surface area (Å²) >= 11 is 7.50. The Morgan fingerprint density at radius 3 is 2.47 bits per heavy atom. The van der Waals surface area contributed by atoms with Crippen LogP contribution < -0.4 is 0 Å². The zero-order valence-corrected chi connectivity index (χ0v) is 10.8. The SMILES string of the molecule is Cc1ccc(/C=C(\C#N)c2ccc(Cl)cc2)s1. The maximum atomic E-state index is 9.17. The van der Waals surface area contributed by atoms with Gasteiger partial charge in [0, 0.05) is 14.8 Å². The fourth-order valence-corrected chi connectivity index (χ4v) is 2.43. The molecular weight excluding hydrogens is 250 g/mol. The van der Waals surface area contributed by atoms with E-state index in [-0.39, 0.29) is 0 Å². The minimum absolute atomic E-state index is 0.656. The molecule has 0 spiro atoms. The molecule has 1 aromatic heterocycles. The number of nitriles is 1. The summed E-state index contributed by atoms with van der Waals surface area (Å²) in [5, 5.41) is 9.85. The molecule has 1 aromatic carbocycles. The Balaban J connectivity index is 2.37. The van der Waals surface area contributed by atoms with Crippen molar-refractivity contribution in [2.24, 2.45) is 0 Å². The fourth-order valence-electron chi connectivity index (χ4n) is 1.48. The lowest BCUT2D eigenvalue weighted by Crippen LogP contribution is -1.80.